The average Bonchev–Trinajstić information content (AvgIpc) is 3.45. The van der Waals surface area contributed by atoms with Crippen LogP contribution < -0.4 is 0 Å². The van der Waals surface area contributed by atoms with Crippen LogP contribution in [-0.2, 0) is 9.53 Å². The van der Waals surface area contributed by atoms with Crippen molar-refractivity contribution in [1.82, 2.24) is 4.90 Å². The fourth-order valence-corrected chi connectivity index (χ4v) is 3.25. The van der Waals surface area contributed by atoms with Gasteiger partial charge in [0.15, 0.2) is 6.61 Å². The van der Waals surface area contributed by atoms with Crippen LogP contribution in [0.15, 0.2) is 30.0 Å². The first-order chi connectivity index (χ1) is 12.5. The van der Waals surface area contributed by atoms with Crippen LogP contribution in [0.25, 0.3) is 0 Å². The standard InChI is InChI=1S/C18H19ClN2O5/c19-12-6-9-16(21(24)25)15(10-12)18(23)26-11-17(22)20(14-7-8-14)13-4-2-1-3-5-13/h4,6,9-10,14H,1-3,5,7-8,11H2. The molecular weight excluding hydrogens is 360 g/mol. The zero-order valence-corrected chi connectivity index (χ0v) is 14.9. The van der Waals surface area contributed by atoms with Crippen molar-refractivity contribution in [3.8, 4) is 0 Å². The van der Waals surface area contributed by atoms with Crippen LogP contribution in [0.2, 0.25) is 5.02 Å². The number of amides is 1. The highest BCUT2D eigenvalue weighted by Crippen LogP contribution is 2.34. The molecule has 0 unspecified atom stereocenters. The third-order valence-electron chi connectivity index (χ3n) is 4.46. The van der Waals surface area contributed by atoms with E-state index in [0.29, 0.717) is 0 Å². The second kappa shape index (κ2) is 7.86. The maximum absolute atomic E-state index is 12.6. The molecule has 0 atom stereocenters. The number of carbonyl (C=O) groups is 2. The summed E-state index contributed by atoms with van der Waals surface area (Å²) in [4.78, 5) is 36.9. The Bertz CT molecular complexity index is 773. The summed E-state index contributed by atoms with van der Waals surface area (Å²) >= 11 is 5.82. The van der Waals surface area contributed by atoms with Gasteiger partial charge in [-0.1, -0.05) is 17.7 Å². The van der Waals surface area contributed by atoms with Gasteiger partial charge in [-0.25, -0.2) is 4.79 Å². The van der Waals surface area contributed by atoms with Gasteiger partial charge >= 0.3 is 5.97 Å². The van der Waals surface area contributed by atoms with Crippen LogP contribution >= 0.6 is 11.6 Å². The molecule has 0 radical (unpaired) electrons. The first-order valence-corrected chi connectivity index (χ1v) is 8.97. The molecule has 0 bridgehead atoms. The largest absolute Gasteiger partial charge is 0.452 e. The normalized spacial score (nSPS) is 16.6. The van der Waals surface area contributed by atoms with E-state index in [1.54, 1.807) is 4.90 Å². The lowest BCUT2D eigenvalue weighted by molar-refractivity contribution is -0.385. The van der Waals surface area contributed by atoms with Gasteiger partial charge in [0.1, 0.15) is 5.56 Å². The third kappa shape index (κ3) is 4.22. The van der Waals surface area contributed by atoms with Gasteiger partial charge in [-0.2, -0.15) is 0 Å². The minimum absolute atomic E-state index is 0.172. The molecule has 0 aromatic heterocycles. The van der Waals surface area contributed by atoms with Crippen LogP contribution in [0.4, 0.5) is 5.69 Å². The van der Waals surface area contributed by atoms with E-state index in [-0.39, 0.29) is 22.5 Å². The number of ether oxygens (including phenoxy) is 1. The molecule has 2 aliphatic rings. The van der Waals surface area contributed by atoms with Crippen molar-refractivity contribution >= 4 is 29.2 Å². The number of hydrogen-bond acceptors (Lipinski definition) is 5. The molecule has 0 aliphatic heterocycles. The van der Waals surface area contributed by atoms with Crippen molar-refractivity contribution in [2.24, 2.45) is 0 Å². The fraction of sp³-hybridized carbons (Fsp3) is 0.444. The number of nitro groups is 1. The summed E-state index contributed by atoms with van der Waals surface area (Å²) in [5.41, 5.74) is 0.333. The molecule has 26 heavy (non-hydrogen) atoms. The molecule has 2 aliphatic carbocycles. The Morgan fingerprint density at radius 3 is 2.69 bits per heavy atom. The first-order valence-electron chi connectivity index (χ1n) is 8.59. The van der Waals surface area contributed by atoms with Gasteiger partial charge in [0, 0.05) is 22.8 Å². The zero-order valence-electron chi connectivity index (χ0n) is 14.2. The van der Waals surface area contributed by atoms with E-state index < -0.39 is 23.2 Å². The van der Waals surface area contributed by atoms with Gasteiger partial charge in [0.25, 0.3) is 11.6 Å². The summed E-state index contributed by atoms with van der Waals surface area (Å²) in [5, 5.41) is 11.2. The Hall–Kier alpha value is -2.41. The van der Waals surface area contributed by atoms with Crippen molar-refractivity contribution in [2.45, 2.75) is 44.6 Å². The van der Waals surface area contributed by atoms with Gasteiger partial charge in [0.2, 0.25) is 0 Å². The van der Waals surface area contributed by atoms with E-state index in [1.807, 2.05) is 0 Å². The van der Waals surface area contributed by atoms with E-state index in [4.69, 9.17) is 16.3 Å². The van der Waals surface area contributed by atoms with E-state index in [9.17, 15) is 19.7 Å². The van der Waals surface area contributed by atoms with Crippen LogP contribution in [0.1, 0.15) is 48.9 Å². The summed E-state index contributed by atoms with van der Waals surface area (Å²) in [5.74, 6) is -1.22. The SMILES string of the molecule is O=C(OCC(=O)N(C1=CCCCC1)C1CC1)c1cc(Cl)ccc1[N+](=O)[O-]. The summed E-state index contributed by atoms with van der Waals surface area (Å²) in [7, 11) is 0. The lowest BCUT2D eigenvalue weighted by Gasteiger charge is -2.27. The molecule has 138 valence electrons. The van der Waals surface area contributed by atoms with Gasteiger partial charge in [-0.15, -0.1) is 0 Å². The molecule has 0 N–H and O–H groups in total. The van der Waals surface area contributed by atoms with E-state index in [2.05, 4.69) is 6.08 Å². The Morgan fingerprint density at radius 2 is 2.08 bits per heavy atom. The minimum Gasteiger partial charge on any atom is -0.452 e. The number of halogens is 1. The smallest absolute Gasteiger partial charge is 0.345 e. The molecule has 1 saturated carbocycles. The quantitative estimate of drug-likeness (QED) is 0.426. The Labute approximate surface area is 155 Å². The van der Waals surface area contributed by atoms with Gasteiger partial charge in [-0.3, -0.25) is 14.9 Å². The number of esters is 1. The number of nitrogens with zero attached hydrogens (tertiary/aromatic N) is 2. The van der Waals surface area contributed by atoms with Gasteiger partial charge in [-0.05, 0) is 50.7 Å². The number of carbonyl (C=O) groups excluding carboxylic acids is 2. The second-order valence-corrected chi connectivity index (χ2v) is 6.87. The lowest BCUT2D eigenvalue weighted by Crippen LogP contribution is -2.36. The minimum atomic E-state index is -0.930. The third-order valence-corrected chi connectivity index (χ3v) is 4.69. The number of rotatable bonds is 6. The molecule has 1 aromatic rings. The summed E-state index contributed by atoms with van der Waals surface area (Å²) in [6.45, 7) is -0.448. The molecule has 0 heterocycles. The molecule has 7 nitrogen and oxygen atoms in total. The van der Waals surface area contributed by atoms with Crippen LogP contribution in [0.5, 0.6) is 0 Å². The van der Waals surface area contributed by atoms with E-state index in [0.717, 1.165) is 50.3 Å². The van der Waals surface area contributed by atoms with Crippen LogP contribution in [0, 0.1) is 10.1 Å². The summed E-state index contributed by atoms with van der Waals surface area (Å²) < 4.78 is 5.06. The maximum Gasteiger partial charge on any atom is 0.345 e. The van der Waals surface area contributed by atoms with Crippen molar-refractivity contribution in [2.75, 3.05) is 6.61 Å². The highest BCUT2D eigenvalue weighted by molar-refractivity contribution is 6.31. The number of allylic oxidation sites excluding steroid dienone is 2. The van der Waals surface area contributed by atoms with E-state index in [1.165, 1.54) is 12.1 Å². The molecule has 8 heteroatoms. The predicted octanol–water partition coefficient (Wildman–Crippen LogP) is 3.85. The lowest BCUT2D eigenvalue weighted by atomic mass is 10.0. The van der Waals surface area contributed by atoms with Crippen molar-refractivity contribution < 1.29 is 19.2 Å². The van der Waals surface area contributed by atoms with Gasteiger partial charge < -0.3 is 9.64 Å². The maximum atomic E-state index is 12.6. The molecule has 1 amide bonds. The number of hydrogen-bond donors (Lipinski definition) is 0. The summed E-state index contributed by atoms with van der Waals surface area (Å²) in [6.07, 6.45) is 7.90. The Morgan fingerprint density at radius 1 is 1.31 bits per heavy atom. The predicted molar refractivity (Wildman–Crippen MR) is 94.8 cm³/mol. The van der Waals surface area contributed by atoms with Crippen molar-refractivity contribution in [1.29, 1.82) is 0 Å². The van der Waals surface area contributed by atoms with Crippen LogP contribution in [-0.4, -0.2) is 34.3 Å². The molecule has 1 fully saturated rings. The topological polar surface area (TPSA) is 89.8 Å². The molecule has 0 spiro atoms. The highest BCUT2D eigenvalue weighted by Gasteiger charge is 2.35. The second-order valence-electron chi connectivity index (χ2n) is 6.43. The zero-order chi connectivity index (χ0) is 18.7. The first kappa shape index (κ1) is 18.4. The van der Waals surface area contributed by atoms with Crippen molar-refractivity contribution in [3.63, 3.8) is 0 Å². The monoisotopic (exact) mass is 378 g/mol. The highest BCUT2D eigenvalue weighted by atomic mass is 35.5. The number of benzene rings is 1. The number of nitro benzene ring substituents is 1. The van der Waals surface area contributed by atoms with Crippen molar-refractivity contribution in [3.05, 3.63) is 50.7 Å². The van der Waals surface area contributed by atoms with Crippen LogP contribution in [0.3, 0.4) is 0 Å². The summed E-state index contributed by atoms with van der Waals surface area (Å²) in [6, 6.07) is 3.82. The molecule has 1 aromatic carbocycles. The molecule has 3 rings (SSSR count). The Balaban J connectivity index is 1.69. The Kier molecular flexibility index (Phi) is 5.56. The fourth-order valence-electron chi connectivity index (χ4n) is 3.08. The molecule has 0 saturated heterocycles. The van der Waals surface area contributed by atoms with Gasteiger partial charge in [0.05, 0.1) is 4.92 Å². The van der Waals surface area contributed by atoms with E-state index >= 15 is 0 Å². The molecular formula is C18H19ClN2O5. The average molecular weight is 379 g/mol.